The first-order valence-electron chi connectivity index (χ1n) is 8.84. The van der Waals surface area contributed by atoms with Crippen molar-refractivity contribution in [1.82, 2.24) is 4.90 Å². The fraction of sp³-hybridized carbons (Fsp3) is 0.429. The molecule has 0 spiro atoms. The van der Waals surface area contributed by atoms with Gasteiger partial charge in [0.1, 0.15) is 0 Å². The van der Waals surface area contributed by atoms with Gasteiger partial charge in [0.05, 0.1) is 0 Å². The van der Waals surface area contributed by atoms with Gasteiger partial charge in [0, 0.05) is 19.0 Å². The van der Waals surface area contributed by atoms with Crippen molar-refractivity contribution in [3.05, 3.63) is 71.8 Å². The molecule has 2 aromatic carbocycles. The van der Waals surface area contributed by atoms with Crippen LogP contribution in [0, 0.1) is 0 Å². The number of likely N-dealkylation sites (tertiary alicyclic amines) is 1. The van der Waals surface area contributed by atoms with Gasteiger partial charge in [0.15, 0.2) is 5.72 Å². The summed E-state index contributed by atoms with van der Waals surface area (Å²) in [6.07, 6.45) is 4.51. The molecule has 1 saturated heterocycles. The van der Waals surface area contributed by atoms with Crippen molar-refractivity contribution in [3.8, 4) is 0 Å². The SMILES string of the molecule is CCC(c1ccccc1)C(O)(c1ccccc1)N1CCCCC1. The smallest absolute Gasteiger partial charge is 0.151 e. The molecule has 0 saturated carbocycles. The standard InChI is InChI=1S/C21H27NO/c1-2-20(18-12-6-3-7-13-18)21(23,19-14-8-4-9-15-19)22-16-10-5-11-17-22/h3-4,6-9,12-15,20,23H,2,5,10-11,16-17H2,1H3. The van der Waals surface area contributed by atoms with Crippen LogP contribution in [-0.2, 0) is 5.72 Å². The Labute approximate surface area is 139 Å². The summed E-state index contributed by atoms with van der Waals surface area (Å²) in [5, 5.41) is 11.9. The Hall–Kier alpha value is -1.64. The number of hydrogen-bond acceptors (Lipinski definition) is 2. The quantitative estimate of drug-likeness (QED) is 0.878. The lowest BCUT2D eigenvalue weighted by Gasteiger charge is -2.47. The zero-order chi connectivity index (χ0) is 16.1. The fourth-order valence-electron chi connectivity index (χ4n) is 3.96. The summed E-state index contributed by atoms with van der Waals surface area (Å²) < 4.78 is 0. The van der Waals surface area contributed by atoms with Crippen LogP contribution in [0.5, 0.6) is 0 Å². The third kappa shape index (κ3) is 3.19. The highest BCUT2D eigenvalue weighted by Gasteiger charge is 2.43. The third-order valence-electron chi connectivity index (χ3n) is 5.13. The molecule has 0 aliphatic carbocycles. The van der Waals surface area contributed by atoms with Crippen LogP contribution >= 0.6 is 0 Å². The topological polar surface area (TPSA) is 23.5 Å². The monoisotopic (exact) mass is 309 g/mol. The van der Waals surface area contributed by atoms with Gasteiger partial charge in [0.2, 0.25) is 0 Å². The van der Waals surface area contributed by atoms with Gasteiger partial charge in [-0.3, -0.25) is 4.90 Å². The van der Waals surface area contributed by atoms with Crippen LogP contribution in [0.3, 0.4) is 0 Å². The van der Waals surface area contributed by atoms with Crippen molar-refractivity contribution in [2.45, 2.75) is 44.2 Å². The molecular weight excluding hydrogens is 282 g/mol. The Morgan fingerprint density at radius 2 is 1.48 bits per heavy atom. The van der Waals surface area contributed by atoms with E-state index in [9.17, 15) is 5.11 Å². The minimum atomic E-state index is -0.933. The molecule has 2 unspecified atom stereocenters. The normalized spacial score (nSPS) is 19.9. The Morgan fingerprint density at radius 3 is 2.04 bits per heavy atom. The van der Waals surface area contributed by atoms with E-state index in [1.165, 1.54) is 24.8 Å². The van der Waals surface area contributed by atoms with Gasteiger partial charge in [0.25, 0.3) is 0 Å². The minimum absolute atomic E-state index is 0.0733. The molecule has 2 nitrogen and oxygen atoms in total. The van der Waals surface area contributed by atoms with Crippen molar-refractivity contribution in [1.29, 1.82) is 0 Å². The molecule has 2 heteroatoms. The number of aliphatic hydroxyl groups is 1. The number of piperidine rings is 1. The summed E-state index contributed by atoms with van der Waals surface area (Å²) in [5.41, 5.74) is 1.29. The van der Waals surface area contributed by atoms with Crippen molar-refractivity contribution < 1.29 is 5.11 Å². The first-order valence-corrected chi connectivity index (χ1v) is 8.84. The summed E-state index contributed by atoms with van der Waals surface area (Å²) in [5.74, 6) is 0.0733. The lowest BCUT2D eigenvalue weighted by atomic mass is 9.80. The van der Waals surface area contributed by atoms with Gasteiger partial charge in [-0.2, -0.15) is 0 Å². The zero-order valence-electron chi connectivity index (χ0n) is 14.0. The van der Waals surface area contributed by atoms with Crippen molar-refractivity contribution >= 4 is 0 Å². The van der Waals surface area contributed by atoms with Gasteiger partial charge in [-0.15, -0.1) is 0 Å². The van der Waals surface area contributed by atoms with Crippen LogP contribution in [0.25, 0.3) is 0 Å². The Kier molecular flexibility index (Phi) is 5.14. The molecular formula is C21H27NO. The van der Waals surface area contributed by atoms with Crippen LogP contribution in [0.4, 0.5) is 0 Å². The van der Waals surface area contributed by atoms with Crippen molar-refractivity contribution in [2.24, 2.45) is 0 Å². The molecule has 122 valence electrons. The maximum Gasteiger partial charge on any atom is 0.151 e. The Balaban J connectivity index is 2.06. The number of benzene rings is 2. The highest BCUT2D eigenvalue weighted by molar-refractivity contribution is 5.31. The van der Waals surface area contributed by atoms with E-state index in [1.54, 1.807) is 0 Å². The largest absolute Gasteiger partial charge is 0.371 e. The Bertz CT molecular complexity index is 592. The second-order valence-corrected chi connectivity index (χ2v) is 6.51. The first-order chi connectivity index (χ1) is 11.3. The van der Waals surface area contributed by atoms with E-state index in [0.29, 0.717) is 0 Å². The van der Waals surface area contributed by atoms with Crippen molar-refractivity contribution in [2.75, 3.05) is 13.1 Å². The van der Waals surface area contributed by atoms with Crippen LogP contribution in [0.2, 0.25) is 0 Å². The van der Waals surface area contributed by atoms with Gasteiger partial charge in [-0.05, 0) is 30.4 Å². The van der Waals surface area contributed by atoms with Crippen LogP contribution < -0.4 is 0 Å². The molecule has 0 bridgehead atoms. The Morgan fingerprint density at radius 1 is 0.913 bits per heavy atom. The molecule has 1 N–H and O–H groups in total. The highest BCUT2D eigenvalue weighted by Crippen LogP contribution is 2.43. The van der Waals surface area contributed by atoms with Gasteiger partial charge in [-0.25, -0.2) is 0 Å². The van der Waals surface area contributed by atoms with E-state index in [4.69, 9.17) is 0 Å². The van der Waals surface area contributed by atoms with E-state index in [1.807, 2.05) is 24.3 Å². The molecule has 2 atom stereocenters. The third-order valence-corrected chi connectivity index (χ3v) is 5.13. The number of nitrogens with zero attached hydrogens (tertiary/aromatic N) is 1. The highest BCUT2D eigenvalue weighted by atomic mass is 16.3. The molecule has 2 aromatic rings. The van der Waals surface area contributed by atoms with Crippen LogP contribution in [0.1, 0.15) is 49.7 Å². The van der Waals surface area contributed by atoms with E-state index < -0.39 is 5.72 Å². The molecule has 23 heavy (non-hydrogen) atoms. The summed E-state index contributed by atoms with van der Waals surface area (Å²) in [4.78, 5) is 2.30. The second kappa shape index (κ2) is 7.29. The summed E-state index contributed by atoms with van der Waals surface area (Å²) >= 11 is 0. The minimum Gasteiger partial charge on any atom is -0.371 e. The molecule has 0 radical (unpaired) electrons. The molecule has 0 amide bonds. The second-order valence-electron chi connectivity index (χ2n) is 6.51. The lowest BCUT2D eigenvalue weighted by molar-refractivity contribution is -0.144. The fourth-order valence-corrected chi connectivity index (χ4v) is 3.96. The maximum atomic E-state index is 11.9. The molecule has 1 heterocycles. The van der Waals surface area contributed by atoms with E-state index in [0.717, 1.165) is 25.1 Å². The molecule has 1 aliphatic rings. The summed E-state index contributed by atoms with van der Waals surface area (Å²) in [6, 6.07) is 20.7. The zero-order valence-corrected chi connectivity index (χ0v) is 14.0. The van der Waals surface area contributed by atoms with Crippen LogP contribution in [0.15, 0.2) is 60.7 Å². The summed E-state index contributed by atoms with van der Waals surface area (Å²) in [7, 11) is 0. The van der Waals surface area contributed by atoms with E-state index in [2.05, 4.69) is 48.2 Å². The number of rotatable bonds is 5. The number of hydrogen-bond donors (Lipinski definition) is 1. The average Bonchev–Trinajstić information content (AvgIpc) is 2.64. The molecule has 0 aromatic heterocycles. The van der Waals surface area contributed by atoms with E-state index in [-0.39, 0.29) is 5.92 Å². The molecule has 1 aliphatic heterocycles. The molecule has 1 fully saturated rings. The van der Waals surface area contributed by atoms with Gasteiger partial charge >= 0.3 is 0 Å². The van der Waals surface area contributed by atoms with Crippen molar-refractivity contribution in [3.63, 3.8) is 0 Å². The first kappa shape index (κ1) is 16.2. The van der Waals surface area contributed by atoms with Crippen LogP contribution in [-0.4, -0.2) is 23.1 Å². The lowest BCUT2D eigenvalue weighted by Crippen LogP contribution is -2.52. The summed E-state index contributed by atoms with van der Waals surface area (Å²) in [6.45, 7) is 4.11. The predicted octanol–water partition coefficient (Wildman–Crippen LogP) is 4.51. The van der Waals surface area contributed by atoms with Gasteiger partial charge in [-0.1, -0.05) is 74.0 Å². The average molecular weight is 309 g/mol. The predicted molar refractivity (Wildman–Crippen MR) is 95.2 cm³/mol. The van der Waals surface area contributed by atoms with Gasteiger partial charge < -0.3 is 5.11 Å². The molecule has 3 rings (SSSR count). The maximum absolute atomic E-state index is 11.9. The van der Waals surface area contributed by atoms with E-state index >= 15 is 0 Å².